The molecule has 2 N–H and O–H groups in total. The molecular weight excluding hydrogens is 486 g/mol. The Bertz CT molecular complexity index is 981. The lowest BCUT2D eigenvalue weighted by molar-refractivity contribution is -0.274. The fourth-order valence-electron chi connectivity index (χ4n) is 3.99. The molecule has 0 saturated carbocycles. The Morgan fingerprint density at radius 3 is 1.94 bits per heavy atom. The zero-order valence-electron chi connectivity index (χ0n) is 18.4. The van der Waals surface area contributed by atoms with E-state index in [0.717, 1.165) is 49.5 Å². The minimum atomic E-state index is -4.69. The van der Waals surface area contributed by atoms with Crippen molar-refractivity contribution >= 4 is 30.5 Å². The molecular formula is C25H28Cl2F3N3O. The van der Waals surface area contributed by atoms with E-state index in [2.05, 4.69) is 56.7 Å². The summed E-state index contributed by atoms with van der Waals surface area (Å²) in [5, 5.41) is 6.78. The van der Waals surface area contributed by atoms with Gasteiger partial charge in [0.15, 0.2) is 0 Å². The molecule has 3 aromatic carbocycles. The molecule has 0 aliphatic carbocycles. The fourth-order valence-corrected chi connectivity index (χ4v) is 3.99. The van der Waals surface area contributed by atoms with Gasteiger partial charge in [0, 0.05) is 38.4 Å². The first-order valence-corrected chi connectivity index (χ1v) is 10.7. The van der Waals surface area contributed by atoms with Crippen LogP contribution in [0.1, 0.15) is 22.7 Å². The molecule has 0 spiro atoms. The summed E-state index contributed by atoms with van der Waals surface area (Å²) in [7, 11) is 0. The van der Waals surface area contributed by atoms with Gasteiger partial charge in [-0.05, 0) is 41.0 Å². The van der Waals surface area contributed by atoms with Crippen molar-refractivity contribution in [2.45, 2.75) is 18.9 Å². The number of benzene rings is 3. The molecule has 1 atom stereocenters. The van der Waals surface area contributed by atoms with Crippen molar-refractivity contribution < 1.29 is 17.9 Å². The van der Waals surface area contributed by atoms with E-state index in [9.17, 15) is 13.2 Å². The van der Waals surface area contributed by atoms with Gasteiger partial charge in [-0.15, -0.1) is 38.0 Å². The number of ether oxygens (including phenoxy) is 1. The molecule has 1 aliphatic heterocycles. The van der Waals surface area contributed by atoms with Crippen LogP contribution >= 0.6 is 24.8 Å². The number of anilines is 1. The van der Waals surface area contributed by atoms with Crippen LogP contribution in [0.2, 0.25) is 0 Å². The van der Waals surface area contributed by atoms with Crippen LogP contribution < -0.4 is 15.4 Å². The molecule has 4 nitrogen and oxygen atoms in total. The molecule has 34 heavy (non-hydrogen) atoms. The largest absolute Gasteiger partial charge is 0.573 e. The summed E-state index contributed by atoms with van der Waals surface area (Å²) in [6.07, 6.45) is -4.69. The number of nitrogens with zero attached hydrogens (tertiary/aromatic N) is 1. The molecule has 0 amide bonds. The van der Waals surface area contributed by atoms with Crippen molar-refractivity contribution in [1.82, 2.24) is 10.2 Å². The zero-order valence-corrected chi connectivity index (χ0v) is 20.1. The predicted molar refractivity (Wildman–Crippen MR) is 134 cm³/mol. The summed E-state index contributed by atoms with van der Waals surface area (Å²) >= 11 is 0. The van der Waals surface area contributed by atoms with Gasteiger partial charge < -0.3 is 15.4 Å². The Hall–Kier alpha value is -2.45. The van der Waals surface area contributed by atoms with Gasteiger partial charge in [-0.2, -0.15) is 0 Å². The van der Waals surface area contributed by atoms with E-state index in [1.165, 1.54) is 17.7 Å². The van der Waals surface area contributed by atoms with Crippen LogP contribution in [0, 0.1) is 0 Å². The highest BCUT2D eigenvalue weighted by molar-refractivity contribution is 5.85. The highest BCUT2D eigenvalue weighted by Gasteiger charge is 2.31. The Morgan fingerprint density at radius 1 is 0.824 bits per heavy atom. The lowest BCUT2D eigenvalue weighted by atomic mass is 9.96. The smallest absolute Gasteiger partial charge is 0.406 e. The highest BCUT2D eigenvalue weighted by atomic mass is 35.5. The van der Waals surface area contributed by atoms with Crippen LogP contribution in [0.15, 0.2) is 78.9 Å². The van der Waals surface area contributed by atoms with Crippen molar-refractivity contribution in [2.24, 2.45) is 0 Å². The third-order valence-corrected chi connectivity index (χ3v) is 5.51. The lowest BCUT2D eigenvalue weighted by Crippen LogP contribution is -2.45. The second-order valence-electron chi connectivity index (χ2n) is 7.77. The first-order valence-electron chi connectivity index (χ1n) is 10.7. The topological polar surface area (TPSA) is 36.5 Å². The Labute approximate surface area is 210 Å². The van der Waals surface area contributed by atoms with Crippen LogP contribution in [-0.4, -0.2) is 37.4 Å². The SMILES string of the molecule is Cl.Cl.FC(F)(F)Oc1ccc([C@@H](c2ccc(NCc3ccccc3)cc2)N2CCNCC2)cc1. The maximum absolute atomic E-state index is 12.5. The molecule has 0 bridgehead atoms. The summed E-state index contributed by atoms with van der Waals surface area (Å²) in [6.45, 7) is 4.21. The Morgan fingerprint density at radius 2 is 1.38 bits per heavy atom. The number of piperazine rings is 1. The third-order valence-electron chi connectivity index (χ3n) is 5.51. The van der Waals surface area contributed by atoms with Gasteiger partial charge in [-0.1, -0.05) is 54.6 Å². The molecule has 1 fully saturated rings. The number of halogens is 5. The van der Waals surface area contributed by atoms with Crippen LogP contribution in [0.25, 0.3) is 0 Å². The van der Waals surface area contributed by atoms with Crippen molar-refractivity contribution in [1.29, 1.82) is 0 Å². The molecule has 9 heteroatoms. The average molecular weight is 514 g/mol. The molecule has 4 rings (SSSR count). The number of hydrogen-bond donors (Lipinski definition) is 2. The first-order chi connectivity index (χ1) is 15.5. The van der Waals surface area contributed by atoms with Crippen molar-refractivity contribution in [3.05, 3.63) is 95.6 Å². The predicted octanol–water partition coefficient (Wildman–Crippen LogP) is 6.04. The normalized spacial score (nSPS) is 14.9. The van der Waals surface area contributed by atoms with Gasteiger partial charge in [0.2, 0.25) is 0 Å². The van der Waals surface area contributed by atoms with Gasteiger partial charge in [0.1, 0.15) is 5.75 Å². The zero-order chi connectivity index (χ0) is 22.4. The molecule has 0 aromatic heterocycles. The number of alkyl halides is 3. The van der Waals surface area contributed by atoms with E-state index in [1.54, 1.807) is 12.1 Å². The van der Waals surface area contributed by atoms with E-state index < -0.39 is 6.36 Å². The van der Waals surface area contributed by atoms with E-state index in [1.807, 2.05) is 18.2 Å². The third kappa shape index (κ3) is 7.81. The highest BCUT2D eigenvalue weighted by Crippen LogP contribution is 2.32. The Kier molecular flexibility index (Phi) is 10.5. The monoisotopic (exact) mass is 513 g/mol. The van der Waals surface area contributed by atoms with Crippen LogP contribution in [0.5, 0.6) is 5.75 Å². The standard InChI is InChI=1S/C25H26F3N3O.2ClH/c26-25(27,28)32-23-12-8-21(9-13-23)24(31-16-14-29-15-17-31)20-6-10-22(11-7-20)30-18-19-4-2-1-3-5-19;;/h1-13,24,29-30H,14-18H2;2*1H/t24-;;/m1../s1. The van der Waals surface area contributed by atoms with Crippen molar-refractivity contribution in [3.63, 3.8) is 0 Å². The van der Waals surface area contributed by atoms with Crippen LogP contribution in [0.4, 0.5) is 18.9 Å². The summed E-state index contributed by atoms with van der Waals surface area (Å²) in [6, 6.07) is 24.6. The number of rotatable bonds is 7. The van der Waals surface area contributed by atoms with Crippen LogP contribution in [-0.2, 0) is 6.54 Å². The van der Waals surface area contributed by atoms with Gasteiger partial charge in [-0.25, -0.2) is 0 Å². The second-order valence-corrected chi connectivity index (χ2v) is 7.77. The molecule has 1 aliphatic rings. The average Bonchev–Trinajstić information content (AvgIpc) is 2.80. The maximum atomic E-state index is 12.5. The Balaban J connectivity index is 0.00000204. The molecule has 3 aromatic rings. The molecule has 1 heterocycles. The maximum Gasteiger partial charge on any atom is 0.573 e. The van der Waals surface area contributed by atoms with E-state index >= 15 is 0 Å². The van der Waals surface area contributed by atoms with E-state index in [-0.39, 0.29) is 36.6 Å². The molecule has 184 valence electrons. The van der Waals surface area contributed by atoms with E-state index in [4.69, 9.17) is 0 Å². The van der Waals surface area contributed by atoms with Crippen LogP contribution in [0.3, 0.4) is 0 Å². The quantitative estimate of drug-likeness (QED) is 0.404. The minimum Gasteiger partial charge on any atom is -0.406 e. The second kappa shape index (κ2) is 12.9. The van der Waals surface area contributed by atoms with Crippen molar-refractivity contribution in [3.8, 4) is 5.75 Å². The van der Waals surface area contributed by atoms with Gasteiger partial charge in [0.25, 0.3) is 0 Å². The molecule has 0 radical (unpaired) electrons. The molecule has 1 saturated heterocycles. The minimum absolute atomic E-state index is 0. The summed E-state index contributed by atoms with van der Waals surface area (Å²) < 4.78 is 41.6. The van der Waals surface area contributed by atoms with Gasteiger partial charge in [0.05, 0.1) is 6.04 Å². The molecule has 0 unspecified atom stereocenters. The number of hydrogen-bond acceptors (Lipinski definition) is 4. The van der Waals surface area contributed by atoms with Crippen molar-refractivity contribution in [2.75, 3.05) is 31.5 Å². The van der Waals surface area contributed by atoms with Gasteiger partial charge >= 0.3 is 6.36 Å². The summed E-state index contributed by atoms with van der Waals surface area (Å²) in [5.74, 6) is -0.208. The number of nitrogens with one attached hydrogen (secondary N) is 2. The fraction of sp³-hybridized carbons (Fsp3) is 0.280. The summed E-state index contributed by atoms with van der Waals surface area (Å²) in [5.41, 5.74) is 4.26. The van der Waals surface area contributed by atoms with Gasteiger partial charge in [-0.3, -0.25) is 4.90 Å². The lowest BCUT2D eigenvalue weighted by Gasteiger charge is -2.35. The summed E-state index contributed by atoms with van der Waals surface area (Å²) in [4.78, 5) is 2.35. The van der Waals surface area contributed by atoms with E-state index in [0.29, 0.717) is 0 Å². The first kappa shape index (κ1) is 27.8.